The number of hydrogen-bond donors (Lipinski definition) is 1. The maximum atomic E-state index is 12.6. The van der Waals surface area contributed by atoms with Crippen LogP contribution < -0.4 is 5.32 Å². The van der Waals surface area contributed by atoms with Gasteiger partial charge in [-0.1, -0.05) is 13.8 Å². The van der Waals surface area contributed by atoms with Crippen LogP contribution in [0, 0.1) is 11.3 Å². The minimum absolute atomic E-state index is 0.270. The Balaban J connectivity index is 1.82. The number of rotatable bonds is 2. The molecular weight excluding hydrogens is 271 g/mol. The predicted molar refractivity (Wildman–Crippen MR) is 74.4 cm³/mol. The van der Waals surface area contributed by atoms with E-state index in [2.05, 4.69) is 19.2 Å². The van der Waals surface area contributed by atoms with Crippen molar-refractivity contribution in [2.75, 3.05) is 11.5 Å². The van der Waals surface area contributed by atoms with Crippen LogP contribution in [0.2, 0.25) is 0 Å². The molecular formula is C14H24F3NS. The first-order valence-electron chi connectivity index (χ1n) is 7.19. The van der Waals surface area contributed by atoms with Crippen LogP contribution in [0.3, 0.4) is 0 Å². The average Bonchev–Trinajstić information content (AvgIpc) is 2.31. The summed E-state index contributed by atoms with van der Waals surface area (Å²) in [7, 11) is 0. The van der Waals surface area contributed by atoms with E-state index < -0.39 is 12.1 Å². The van der Waals surface area contributed by atoms with Gasteiger partial charge in [-0.3, -0.25) is 0 Å². The molecule has 112 valence electrons. The van der Waals surface area contributed by atoms with Crippen molar-refractivity contribution in [3.63, 3.8) is 0 Å². The SMILES string of the molecule is CC1(C)CCSCC1NC1CCC(C(F)(F)F)CC1. The van der Waals surface area contributed by atoms with E-state index in [-0.39, 0.29) is 11.5 Å². The lowest BCUT2D eigenvalue weighted by atomic mass is 9.80. The van der Waals surface area contributed by atoms with Crippen LogP contribution in [0.1, 0.15) is 46.0 Å². The van der Waals surface area contributed by atoms with Gasteiger partial charge in [0, 0.05) is 17.8 Å². The van der Waals surface area contributed by atoms with Gasteiger partial charge in [0.2, 0.25) is 0 Å². The quantitative estimate of drug-likeness (QED) is 0.818. The Morgan fingerprint density at radius 3 is 2.26 bits per heavy atom. The predicted octanol–water partition coefficient (Wildman–Crippen LogP) is 4.23. The second-order valence-electron chi connectivity index (χ2n) is 6.62. The Morgan fingerprint density at radius 2 is 1.74 bits per heavy atom. The van der Waals surface area contributed by atoms with E-state index in [0.29, 0.717) is 31.7 Å². The number of hydrogen-bond acceptors (Lipinski definition) is 2. The summed E-state index contributed by atoms with van der Waals surface area (Å²) in [5, 5.41) is 3.63. The zero-order valence-corrected chi connectivity index (χ0v) is 12.5. The standard InChI is InChI=1S/C14H24F3NS/c1-13(2)7-8-19-9-12(13)18-11-5-3-10(4-6-11)14(15,16)17/h10-12,18H,3-9H2,1-2H3. The fourth-order valence-electron chi connectivity index (χ4n) is 3.08. The maximum Gasteiger partial charge on any atom is 0.391 e. The molecule has 0 radical (unpaired) electrons. The maximum absolute atomic E-state index is 12.6. The van der Waals surface area contributed by atoms with Crippen LogP contribution in [0.4, 0.5) is 13.2 Å². The summed E-state index contributed by atoms with van der Waals surface area (Å²) in [6.45, 7) is 4.54. The summed E-state index contributed by atoms with van der Waals surface area (Å²) in [4.78, 5) is 0. The zero-order valence-electron chi connectivity index (χ0n) is 11.7. The van der Waals surface area contributed by atoms with Gasteiger partial charge in [-0.15, -0.1) is 0 Å². The molecule has 1 nitrogen and oxygen atoms in total. The second kappa shape index (κ2) is 5.84. The molecule has 0 aromatic heterocycles. The van der Waals surface area contributed by atoms with Crippen molar-refractivity contribution in [3.8, 4) is 0 Å². The number of halogens is 3. The fraction of sp³-hybridized carbons (Fsp3) is 1.00. The monoisotopic (exact) mass is 295 g/mol. The molecule has 2 aliphatic rings. The molecule has 0 amide bonds. The second-order valence-corrected chi connectivity index (χ2v) is 7.77. The highest BCUT2D eigenvalue weighted by molar-refractivity contribution is 7.99. The normalized spacial score (nSPS) is 36.2. The van der Waals surface area contributed by atoms with Crippen molar-refractivity contribution in [1.29, 1.82) is 0 Å². The van der Waals surface area contributed by atoms with E-state index in [9.17, 15) is 13.2 Å². The molecule has 1 aliphatic heterocycles. The summed E-state index contributed by atoms with van der Waals surface area (Å²) in [6.07, 6.45) is -0.885. The van der Waals surface area contributed by atoms with Crippen molar-refractivity contribution in [2.24, 2.45) is 11.3 Å². The van der Waals surface area contributed by atoms with Gasteiger partial charge in [-0.2, -0.15) is 24.9 Å². The first-order valence-corrected chi connectivity index (χ1v) is 8.35. The van der Waals surface area contributed by atoms with Crippen LogP contribution in [0.5, 0.6) is 0 Å². The molecule has 1 saturated heterocycles. The van der Waals surface area contributed by atoms with Crippen molar-refractivity contribution >= 4 is 11.8 Å². The van der Waals surface area contributed by atoms with Gasteiger partial charge in [0.05, 0.1) is 5.92 Å². The summed E-state index contributed by atoms with van der Waals surface area (Å²) in [5.41, 5.74) is 0.270. The molecule has 1 atom stereocenters. The van der Waals surface area contributed by atoms with Crippen LogP contribution in [-0.2, 0) is 0 Å². The van der Waals surface area contributed by atoms with Gasteiger partial charge in [0.25, 0.3) is 0 Å². The Hall–Kier alpha value is 0.100. The summed E-state index contributed by atoms with van der Waals surface area (Å²) < 4.78 is 37.9. The topological polar surface area (TPSA) is 12.0 Å². The van der Waals surface area contributed by atoms with Crippen molar-refractivity contribution in [3.05, 3.63) is 0 Å². The van der Waals surface area contributed by atoms with Gasteiger partial charge in [-0.25, -0.2) is 0 Å². The molecule has 2 fully saturated rings. The molecule has 5 heteroatoms. The highest BCUT2D eigenvalue weighted by Gasteiger charge is 2.42. The van der Waals surface area contributed by atoms with E-state index in [1.165, 1.54) is 12.2 Å². The largest absolute Gasteiger partial charge is 0.391 e. The number of thioether (sulfide) groups is 1. The summed E-state index contributed by atoms with van der Waals surface area (Å²) in [5.74, 6) is 1.22. The van der Waals surface area contributed by atoms with Crippen LogP contribution in [0.25, 0.3) is 0 Å². The van der Waals surface area contributed by atoms with E-state index in [0.717, 1.165) is 5.75 Å². The third kappa shape index (κ3) is 4.03. The van der Waals surface area contributed by atoms with Crippen molar-refractivity contribution < 1.29 is 13.2 Å². The molecule has 0 aromatic carbocycles. The molecule has 0 aromatic rings. The first kappa shape index (κ1) is 15.5. The Morgan fingerprint density at radius 1 is 1.11 bits per heavy atom. The molecule has 19 heavy (non-hydrogen) atoms. The lowest BCUT2D eigenvalue weighted by molar-refractivity contribution is -0.182. The van der Waals surface area contributed by atoms with Gasteiger partial charge < -0.3 is 5.32 Å². The first-order chi connectivity index (χ1) is 8.79. The molecule has 1 saturated carbocycles. The van der Waals surface area contributed by atoms with E-state index >= 15 is 0 Å². The smallest absolute Gasteiger partial charge is 0.310 e. The molecule has 1 aliphatic carbocycles. The Labute approximate surface area is 118 Å². The molecule has 1 unspecified atom stereocenters. The number of alkyl halides is 3. The van der Waals surface area contributed by atoms with Crippen LogP contribution in [-0.4, -0.2) is 29.8 Å². The van der Waals surface area contributed by atoms with Crippen molar-refractivity contribution in [1.82, 2.24) is 5.32 Å². The lowest BCUT2D eigenvalue weighted by Crippen LogP contribution is -2.51. The minimum atomic E-state index is -4.00. The molecule has 1 N–H and O–H groups in total. The third-order valence-corrected chi connectivity index (χ3v) is 5.81. The van der Waals surface area contributed by atoms with Crippen molar-refractivity contribution in [2.45, 2.75) is 64.2 Å². The molecule has 0 spiro atoms. The average molecular weight is 295 g/mol. The molecule has 2 rings (SSSR count). The highest BCUT2D eigenvalue weighted by Crippen LogP contribution is 2.39. The van der Waals surface area contributed by atoms with E-state index in [4.69, 9.17) is 0 Å². The van der Waals surface area contributed by atoms with Crippen LogP contribution in [0.15, 0.2) is 0 Å². The Bertz CT molecular complexity index is 296. The third-order valence-electron chi connectivity index (χ3n) is 4.75. The molecule has 0 bridgehead atoms. The van der Waals surface area contributed by atoms with Gasteiger partial charge in [0.15, 0.2) is 0 Å². The summed E-state index contributed by atoms with van der Waals surface area (Å²) in [6, 6.07) is 0.722. The Kier molecular flexibility index (Phi) is 4.76. The van der Waals surface area contributed by atoms with E-state index in [1.807, 2.05) is 11.8 Å². The highest BCUT2D eigenvalue weighted by atomic mass is 32.2. The summed E-state index contributed by atoms with van der Waals surface area (Å²) >= 11 is 1.96. The van der Waals surface area contributed by atoms with Gasteiger partial charge in [-0.05, 0) is 43.3 Å². The lowest BCUT2D eigenvalue weighted by Gasteiger charge is -2.42. The minimum Gasteiger partial charge on any atom is -0.310 e. The van der Waals surface area contributed by atoms with Gasteiger partial charge >= 0.3 is 6.18 Å². The zero-order chi connectivity index (χ0) is 14.1. The fourth-order valence-corrected chi connectivity index (χ4v) is 4.70. The van der Waals surface area contributed by atoms with Crippen LogP contribution >= 0.6 is 11.8 Å². The molecule has 1 heterocycles. The van der Waals surface area contributed by atoms with Gasteiger partial charge in [0.1, 0.15) is 0 Å². The van der Waals surface area contributed by atoms with E-state index in [1.54, 1.807) is 0 Å². The number of nitrogens with one attached hydrogen (secondary N) is 1.